The lowest BCUT2D eigenvalue weighted by Gasteiger charge is -2.03. The normalized spacial score (nSPS) is 11.4. The topological polar surface area (TPSA) is 60.2 Å². The van der Waals surface area contributed by atoms with Gasteiger partial charge in [-0.05, 0) is 25.5 Å². The molecule has 0 radical (unpaired) electrons. The third-order valence-corrected chi connectivity index (χ3v) is 3.11. The maximum atomic E-state index is 11.8. The lowest BCUT2D eigenvalue weighted by atomic mass is 10.2. The van der Waals surface area contributed by atoms with Crippen molar-refractivity contribution in [1.29, 1.82) is 0 Å². The van der Waals surface area contributed by atoms with E-state index in [2.05, 4.69) is 15.1 Å². The zero-order chi connectivity index (χ0) is 11.3. The molecule has 80 valence electrons. The lowest BCUT2D eigenvalue weighted by Crippen LogP contribution is -2.12. The van der Waals surface area contributed by atoms with Crippen LogP contribution in [-0.4, -0.2) is 19.6 Å². The Balaban J connectivity index is 2.72. The van der Waals surface area contributed by atoms with E-state index in [1.54, 1.807) is 10.0 Å². The molecule has 3 aromatic heterocycles. The van der Waals surface area contributed by atoms with E-state index in [4.69, 9.17) is 0 Å². The minimum absolute atomic E-state index is 0.232. The van der Waals surface area contributed by atoms with Gasteiger partial charge in [0.05, 0.1) is 5.39 Å². The van der Waals surface area contributed by atoms with E-state index >= 15 is 0 Å². The summed E-state index contributed by atoms with van der Waals surface area (Å²) in [5.41, 5.74) is 3.78. The van der Waals surface area contributed by atoms with Gasteiger partial charge >= 0.3 is 0 Å². The smallest absolute Gasteiger partial charge is 0.267 e. The molecule has 0 fully saturated rings. The Bertz CT molecular complexity index is 758. The molecule has 3 heterocycles. The van der Waals surface area contributed by atoms with Gasteiger partial charge in [-0.3, -0.25) is 4.79 Å². The number of hydrogen-bond donors (Lipinski definition) is 0. The predicted octanol–water partition coefficient (Wildman–Crippen LogP) is 1.32. The number of aryl methyl sites for hydroxylation is 2. The summed E-state index contributed by atoms with van der Waals surface area (Å²) in [7, 11) is 0. The summed E-state index contributed by atoms with van der Waals surface area (Å²) in [6.07, 6.45) is 0. The predicted molar refractivity (Wildman–Crippen MR) is 61.9 cm³/mol. The molecule has 0 N–H and O–H groups in total. The fourth-order valence-corrected chi connectivity index (χ4v) is 2.42. The number of nitrogens with zero attached hydrogens (tertiary/aromatic N) is 4. The monoisotopic (exact) mass is 232 g/mol. The van der Waals surface area contributed by atoms with E-state index in [-0.39, 0.29) is 5.56 Å². The molecule has 0 saturated heterocycles. The van der Waals surface area contributed by atoms with E-state index < -0.39 is 0 Å². The van der Waals surface area contributed by atoms with Crippen molar-refractivity contribution in [2.45, 2.75) is 13.8 Å². The Morgan fingerprint density at radius 1 is 1.31 bits per heavy atom. The first-order valence-corrected chi connectivity index (χ1v) is 5.65. The summed E-state index contributed by atoms with van der Waals surface area (Å²) in [6, 6.07) is 1.88. The van der Waals surface area contributed by atoms with E-state index in [9.17, 15) is 4.79 Å². The Hall–Kier alpha value is -1.82. The van der Waals surface area contributed by atoms with Crippen molar-refractivity contribution in [1.82, 2.24) is 19.6 Å². The Morgan fingerprint density at radius 3 is 2.94 bits per heavy atom. The fraction of sp³-hybridized carbons (Fsp3) is 0.200. The molecule has 0 spiro atoms. The van der Waals surface area contributed by atoms with Gasteiger partial charge in [0.1, 0.15) is 5.51 Å². The average molecular weight is 232 g/mol. The Labute approximate surface area is 94.4 Å². The van der Waals surface area contributed by atoms with Crippen LogP contribution in [0.4, 0.5) is 0 Å². The van der Waals surface area contributed by atoms with Crippen molar-refractivity contribution >= 4 is 27.3 Å². The Morgan fingerprint density at radius 2 is 2.12 bits per heavy atom. The number of aromatic nitrogens is 4. The van der Waals surface area contributed by atoms with Gasteiger partial charge in [-0.25, -0.2) is 4.98 Å². The SMILES string of the molecule is Cc1cc(C)c2c(=O)nc3scnn3c2n1. The molecule has 5 nitrogen and oxygen atoms in total. The van der Waals surface area contributed by atoms with Crippen LogP contribution in [0.25, 0.3) is 16.0 Å². The van der Waals surface area contributed by atoms with Gasteiger partial charge in [0.25, 0.3) is 5.56 Å². The highest BCUT2D eigenvalue weighted by Crippen LogP contribution is 2.15. The summed E-state index contributed by atoms with van der Waals surface area (Å²) in [6.45, 7) is 3.79. The van der Waals surface area contributed by atoms with Crippen LogP contribution in [0, 0.1) is 13.8 Å². The molecule has 0 aromatic carbocycles. The molecule has 0 aliphatic carbocycles. The van der Waals surface area contributed by atoms with Gasteiger partial charge in [-0.15, -0.1) is 0 Å². The van der Waals surface area contributed by atoms with Gasteiger partial charge in [0, 0.05) is 5.69 Å². The van der Waals surface area contributed by atoms with Crippen LogP contribution in [0.15, 0.2) is 16.4 Å². The molecule has 0 aliphatic heterocycles. The zero-order valence-electron chi connectivity index (χ0n) is 8.76. The Kier molecular flexibility index (Phi) is 1.81. The van der Waals surface area contributed by atoms with Crippen molar-refractivity contribution in [2.24, 2.45) is 0 Å². The van der Waals surface area contributed by atoms with Gasteiger partial charge in [0.2, 0.25) is 4.96 Å². The molecule has 0 atom stereocenters. The van der Waals surface area contributed by atoms with E-state index in [0.29, 0.717) is 16.0 Å². The van der Waals surface area contributed by atoms with E-state index in [1.165, 1.54) is 11.3 Å². The van der Waals surface area contributed by atoms with Crippen LogP contribution in [0.3, 0.4) is 0 Å². The summed E-state index contributed by atoms with van der Waals surface area (Å²) < 4.78 is 1.61. The highest BCUT2D eigenvalue weighted by molar-refractivity contribution is 7.14. The van der Waals surface area contributed by atoms with Crippen LogP contribution in [0.1, 0.15) is 11.3 Å². The molecule has 16 heavy (non-hydrogen) atoms. The van der Waals surface area contributed by atoms with Crippen molar-refractivity contribution in [3.63, 3.8) is 0 Å². The first-order valence-electron chi connectivity index (χ1n) is 4.77. The molecular formula is C10H8N4OS. The first kappa shape index (κ1) is 9.41. The van der Waals surface area contributed by atoms with Crippen LogP contribution in [0.5, 0.6) is 0 Å². The quantitative estimate of drug-likeness (QED) is 0.586. The molecule has 0 bridgehead atoms. The van der Waals surface area contributed by atoms with Gasteiger partial charge < -0.3 is 0 Å². The third kappa shape index (κ3) is 1.16. The van der Waals surface area contributed by atoms with Gasteiger partial charge in [-0.1, -0.05) is 11.3 Å². The molecule has 0 aliphatic rings. The lowest BCUT2D eigenvalue weighted by molar-refractivity contribution is 0.949. The number of fused-ring (bicyclic) bond motifs is 3. The van der Waals surface area contributed by atoms with Crippen LogP contribution in [0.2, 0.25) is 0 Å². The maximum absolute atomic E-state index is 11.8. The second-order valence-corrected chi connectivity index (χ2v) is 4.44. The number of rotatable bonds is 0. The minimum atomic E-state index is -0.232. The van der Waals surface area contributed by atoms with Gasteiger partial charge in [-0.2, -0.15) is 14.6 Å². The second-order valence-electron chi connectivity index (χ2n) is 3.63. The molecule has 3 rings (SSSR count). The summed E-state index contributed by atoms with van der Waals surface area (Å²) in [5.74, 6) is 0. The molecule has 6 heteroatoms. The summed E-state index contributed by atoms with van der Waals surface area (Å²) >= 11 is 1.33. The van der Waals surface area contributed by atoms with Crippen LogP contribution < -0.4 is 5.56 Å². The molecule has 0 saturated carbocycles. The van der Waals surface area contributed by atoms with Crippen molar-refractivity contribution in [2.75, 3.05) is 0 Å². The van der Waals surface area contributed by atoms with Crippen molar-refractivity contribution in [3.05, 3.63) is 33.2 Å². The maximum Gasteiger partial charge on any atom is 0.283 e. The van der Waals surface area contributed by atoms with E-state index in [0.717, 1.165) is 11.3 Å². The molecular weight excluding hydrogens is 224 g/mol. The van der Waals surface area contributed by atoms with Crippen LogP contribution in [-0.2, 0) is 0 Å². The number of hydrogen-bond acceptors (Lipinski definition) is 5. The number of pyridine rings is 1. The summed E-state index contributed by atoms with van der Waals surface area (Å²) in [4.78, 5) is 20.8. The summed E-state index contributed by atoms with van der Waals surface area (Å²) in [5, 5.41) is 4.69. The fourth-order valence-electron chi connectivity index (χ4n) is 1.81. The molecule has 0 amide bonds. The van der Waals surface area contributed by atoms with Crippen molar-refractivity contribution < 1.29 is 0 Å². The minimum Gasteiger partial charge on any atom is -0.267 e. The zero-order valence-corrected chi connectivity index (χ0v) is 9.58. The highest BCUT2D eigenvalue weighted by atomic mass is 32.1. The second kappa shape index (κ2) is 3.08. The average Bonchev–Trinajstić information content (AvgIpc) is 2.64. The third-order valence-electron chi connectivity index (χ3n) is 2.44. The van der Waals surface area contributed by atoms with Crippen molar-refractivity contribution in [3.8, 4) is 0 Å². The largest absolute Gasteiger partial charge is 0.283 e. The standard InChI is InChI=1S/C10H8N4OS/c1-5-3-6(2)12-8-7(5)9(15)13-10-14(8)11-4-16-10/h3-4H,1-2H3. The molecule has 3 aromatic rings. The molecule has 0 unspecified atom stereocenters. The van der Waals surface area contributed by atoms with Crippen LogP contribution >= 0.6 is 11.3 Å². The van der Waals surface area contributed by atoms with E-state index in [1.807, 2.05) is 19.9 Å². The highest BCUT2D eigenvalue weighted by Gasteiger charge is 2.11. The van der Waals surface area contributed by atoms with Gasteiger partial charge in [0.15, 0.2) is 5.65 Å². The first-order chi connectivity index (χ1) is 7.66.